The molecule has 0 bridgehead atoms. The van der Waals surface area contributed by atoms with E-state index < -0.39 is 0 Å². The predicted molar refractivity (Wildman–Crippen MR) is 74.5 cm³/mol. The van der Waals surface area contributed by atoms with Crippen molar-refractivity contribution >= 4 is 5.69 Å². The van der Waals surface area contributed by atoms with E-state index in [1.54, 1.807) is 0 Å². The normalized spacial score (nSPS) is 20.6. The summed E-state index contributed by atoms with van der Waals surface area (Å²) in [6.45, 7) is 7.59. The molecule has 0 saturated carbocycles. The minimum atomic E-state index is 0.786. The molecule has 0 aliphatic carbocycles. The van der Waals surface area contributed by atoms with E-state index in [2.05, 4.69) is 36.9 Å². The highest BCUT2D eigenvalue weighted by atomic mass is 15.1. The van der Waals surface area contributed by atoms with Crippen molar-refractivity contribution in [3.05, 3.63) is 29.3 Å². The Morgan fingerprint density at radius 3 is 2.94 bits per heavy atom. The molecule has 2 heteroatoms. The predicted octanol–water partition coefficient (Wildman–Crippen LogP) is 2.87. The summed E-state index contributed by atoms with van der Waals surface area (Å²) in [6.07, 6.45) is 3.82. The number of hydrogen-bond donors (Lipinski definition) is 1. The Morgan fingerprint density at radius 2 is 2.18 bits per heavy atom. The molecule has 0 amide bonds. The van der Waals surface area contributed by atoms with Crippen molar-refractivity contribution in [1.82, 2.24) is 0 Å². The van der Waals surface area contributed by atoms with Gasteiger partial charge in [-0.25, -0.2) is 0 Å². The Bertz CT molecular complexity index is 371. The van der Waals surface area contributed by atoms with E-state index >= 15 is 0 Å². The molecule has 0 radical (unpaired) electrons. The van der Waals surface area contributed by atoms with Gasteiger partial charge in [0.1, 0.15) is 0 Å². The molecule has 17 heavy (non-hydrogen) atoms. The molecule has 94 valence electrons. The number of hydrogen-bond acceptors (Lipinski definition) is 2. The number of rotatable bonds is 3. The fraction of sp³-hybridized carbons (Fsp3) is 0.600. The maximum Gasteiger partial charge on any atom is 0.0398 e. The van der Waals surface area contributed by atoms with Crippen molar-refractivity contribution in [2.75, 3.05) is 24.5 Å². The van der Waals surface area contributed by atoms with Gasteiger partial charge in [0.25, 0.3) is 0 Å². The Hall–Kier alpha value is -1.02. The van der Waals surface area contributed by atoms with Gasteiger partial charge < -0.3 is 10.6 Å². The van der Waals surface area contributed by atoms with E-state index in [1.165, 1.54) is 49.2 Å². The Balaban J connectivity index is 2.13. The van der Waals surface area contributed by atoms with Crippen molar-refractivity contribution in [3.63, 3.8) is 0 Å². The van der Waals surface area contributed by atoms with Crippen molar-refractivity contribution in [1.29, 1.82) is 0 Å². The third-order valence-electron chi connectivity index (χ3n) is 3.80. The van der Waals surface area contributed by atoms with Crippen LogP contribution in [0.3, 0.4) is 0 Å². The lowest BCUT2D eigenvalue weighted by Gasteiger charge is -2.35. The molecular formula is C15H24N2. The van der Waals surface area contributed by atoms with E-state index in [-0.39, 0.29) is 0 Å². The highest BCUT2D eigenvalue weighted by Gasteiger charge is 2.20. The van der Waals surface area contributed by atoms with Gasteiger partial charge in [-0.15, -0.1) is 0 Å². The summed E-state index contributed by atoms with van der Waals surface area (Å²) in [4.78, 5) is 2.55. The van der Waals surface area contributed by atoms with Crippen LogP contribution in [0.1, 0.15) is 30.4 Å². The summed E-state index contributed by atoms with van der Waals surface area (Å²) in [5.74, 6) is 0.786. The van der Waals surface area contributed by atoms with Gasteiger partial charge >= 0.3 is 0 Å². The average Bonchev–Trinajstić information content (AvgIpc) is 2.33. The largest absolute Gasteiger partial charge is 0.371 e. The van der Waals surface area contributed by atoms with Crippen LogP contribution in [0.4, 0.5) is 5.69 Å². The van der Waals surface area contributed by atoms with Gasteiger partial charge in [-0.1, -0.05) is 12.1 Å². The Labute approximate surface area is 105 Å². The van der Waals surface area contributed by atoms with Gasteiger partial charge in [-0.2, -0.15) is 0 Å². The molecule has 1 aromatic carbocycles. The van der Waals surface area contributed by atoms with Crippen LogP contribution in [0.15, 0.2) is 18.2 Å². The number of aryl methyl sites for hydroxylation is 2. The number of benzene rings is 1. The van der Waals surface area contributed by atoms with Gasteiger partial charge in [0, 0.05) is 18.8 Å². The number of nitrogens with zero attached hydrogens (tertiary/aromatic N) is 1. The van der Waals surface area contributed by atoms with E-state index in [1.807, 2.05) is 0 Å². The molecular weight excluding hydrogens is 208 g/mol. The first-order chi connectivity index (χ1) is 8.20. The third kappa shape index (κ3) is 3.01. The zero-order chi connectivity index (χ0) is 12.3. The monoisotopic (exact) mass is 232 g/mol. The molecule has 2 N–H and O–H groups in total. The highest BCUT2D eigenvalue weighted by molar-refractivity contribution is 5.55. The van der Waals surface area contributed by atoms with Crippen molar-refractivity contribution in [2.45, 2.75) is 33.1 Å². The lowest BCUT2D eigenvalue weighted by molar-refractivity contribution is 0.396. The molecule has 2 rings (SSSR count). The standard InChI is InChI=1S/C15H24N2/c1-12-5-6-13(2)15(10-12)17-9-3-4-14(11-17)7-8-16/h5-6,10,14H,3-4,7-9,11,16H2,1-2H3. The quantitative estimate of drug-likeness (QED) is 0.868. The zero-order valence-electron chi connectivity index (χ0n) is 11.1. The van der Waals surface area contributed by atoms with Gasteiger partial charge in [-0.3, -0.25) is 0 Å². The highest BCUT2D eigenvalue weighted by Crippen LogP contribution is 2.27. The summed E-state index contributed by atoms with van der Waals surface area (Å²) >= 11 is 0. The molecule has 1 saturated heterocycles. The molecule has 2 nitrogen and oxygen atoms in total. The molecule has 1 atom stereocenters. The number of piperidine rings is 1. The Morgan fingerprint density at radius 1 is 1.35 bits per heavy atom. The Kier molecular flexibility index (Phi) is 4.06. The van der Waals surface area contributed by atoms with Crippen LogP contribution in [0.2, 0.25) is 0 Å². The molecule has 0 spiro atoms. The maximum absolute atomic E-state index is 5.68. The van der Waals surface area contributed by atoms with E-state index in [0.29, 0.717) is 0 Å². The molecule has 1 fully saturated rings. The first-order valence-corrected chi connectivity index (χ1v) is 6.73. The summed E-state index contributed by atoms with van der Waals surface area (Å²) in [5.41, 5.74) is 9.85. The molecule has 0 aromatic heterocycles. The smallest absolute Gasteiger partial charge is 0.0398 e. The van der Waals surface area contributed by atoms with E-state index in [9.17, 15) is 0 Å². The topological polar surface area (TPSA) is 29.3 Å². The fourth-order valence-corrected chi connectivity index (χ4v) is 2.82. The van der Waals surface area contributed by atoms with Crippen LogP contribution in [-0.4, -0.2) is 19.6 Å². The maximum atomic E-state index is 5.68. The molecule has 1 aliphatic heterocycles. The summed E-state index contributed by atoms with van der Waals surface area (Å²) in [6, 6.07) is 6.75. The van der Waals surface area contributed by atoms with Crippen LogP contribution in [0, 0.1) is 19.8 Å². The van der Waals surface area contributed by atoms with Crippen molar-refractivity contribution in [2.24, 2.45) is 11.7 Å². The van der Waals surface area contributed by atoms with Gasteiger partial charge in [0.15, 0.2) is 0 Å². The van der Waals surface area contributed by atoms with E-state index in [4.69, 9.17) is 5.73 Å². The fourth-order valence-electron chi connectivity index (χ4n) is 2.82. The second kappa shape index (κ2) is 5.54. The van der Waals surface area contributed by atoms with E-state index in [0.717, 1.165) is 12.5 Å². The zero-order valence-corrected chi connectivity index (χ0v) is 11.1. The molecule has 1 unspecified atom stereocenters. The minimum Gasteiger partial charge on any atom is -0.371 e. The lowest BCUT2D eigenvalue weighted by atomic mass is 9.94. The van der Waals surface area contributed by atoms with Crippen LogP contribution < -0.4 is 10.6 Å². The third-order valence-corrected chi connectivity index (χ3v) is 3.80. The number of anilines is 1. The van der Waals surface area contributed by atoms with Crippen LogP contribution in [0.25, 0.3) is 0 Å². The second-order valence-electron chi connectivity index (χ2n) is 5.32. The summed E-state index contributed by atoms with van der Waals surface area (Å²) in [7, 11) is 0. The van der Waals surface area contributed by atoms with Crippen LogP contribution >= 0.6 is 0 Å². The van der Waals surface area contributed by atoms with Gasteiger partial charge in [0.2, 0.25) is 0 Å². The van der Waals surface area contributed by atoms with Crippen molar-refractivity contribution < 1.29 is 0 Å². The first-order valence-electron chi connectivity index (χ1n) is 6.73. The average molecular weight is 232 g/mol. The minimum absolute atomic E-state index is 0.786. The van der Waals surface area contributed by atoms with Gasteiger partial charge in [-0.05, 0) is 62.8 Å². The SMILES string of the molecule is Cc1ccc(C)c(N2CCCC(CCN)C2)c1. The molecule has 1 aromatic rings. The van der Waals surface area contributed by atoms with Crippen LogP contribution in [-0.2, 0) is 0 Å². The summed E-state index contributed by atoms with van der Waals surface area (Å²) < 4.78 is 0. The molecule has 1 aliphatic rings. The lowest BCUT2D eigenvalue weighted by Crippen LogP contribution is -2.36. The van der Waals surface area contributed by atoms with Gasteiger partial charge in [0.05, 0.1) is 0 Å². The van der Waals surface area contributed by atoms with Crippen LogP contribution in [0.5, 0.6) is 0 Å². The van der Waals surface area contributed by atoms with Crippen molar-refractivity contribution in [3.8, 4) is 0 Å². The summed E-state index contributed by atoms with van der Waals surface area (Å²) in [5, 5.41) is 0. The first kappa shape index (κ1) is 12.4. The second-order valence-corrected chi connectivity index (χ2v) is 5.32. The molecule has 1 heterocycles. The number of nitrogens with two attached hydrogens (primary N) is 1.